The van der Waals surface area contributed by atoms with Crippen molar-refractivity contribution in [3.8, 4) is 22.3 Å². The molecule has 10 heteroatoms. The Morgan fingerprint density at radius 2 is 1.59 bits per heavy atom. The Morgan fingerprint density at radius 1 is 0.909 bits per heavy atom. The van der Waals surface area contributed by atoms with Gasteiger partial charge in [0, 0.05) is 71.4 Å². The van der Waals surface area contributed by atoms with Crippen molar-refractivity contribution in [3.05, 3.63) is 102 Å². The van der Waals surface area contributed by atoms with Crippen molar-refractivity contribution >= 4 is 41.4 Å². The van der Waals surface area contributed by atoms with Gasteiger partial charge in [0.05, 0.1) is 18.6 Å². The minimum atomic E-state index is -1.18. The van der Waals surface area contributed by atoms with E-state index < -0.39 is 24.6 Å². The van der Waals surface area contributed by atoms with Crippen LogP contribution in [0, 0.1) is 5.82 Å². The average molecular weight is 611 g/mol. The fourth-order valence-electron chi connectivity index (χ4n) is 5.46. The number of halogens is 1. The Bertz CT molecular complexity index is 1510. The van der Waals surface area contributed by atoms with E-state index in [-0.39, 0.29) is 60.2 Å². The van der Waals surface area contributed by atoms with Crippen molar-refractivity contribution in [1.82, 2.24) is 14.9 Å². The van der Waals surface area contributed by atoms with Crippen LogP contribution in [0.2, 0.25) is 0 Å². The Labute approximate surface area is 279 Å². The molecule has 0 unspecified atom stereocenters. The summed E-state index contributed by atoms with van der Waals surface area (Å²) < 4.78 is 16.0. The van der Waals surface area contributed by atoms with Crippen molar-refractivity contribution in [1.29, 1.82) is 0 Å². The molecule has 4 aromatic rings. The summed E-state index contributed by atoms with van der Waals surface area (Å²) in [5, 5.41) is 32.9. The summed E-state index contributed by atoms with van der Waals surface area (Å²) in [7, 11) is 0. The molecule has 4 rings (SSSR count). The van der Waals surface area contributed by atoms with Crippen LogP contribution in [0.15, 0.2) is 79.1 Å². The van der Waals surface area contributed by atoms with Crippen LogP contribution in [0.5, 0.6) is 0 Å². The number of carboxylic acid groups (broad SMARTS) is 1. The van der Waals surface area contributed by atoms with Gasteiger partial charge in [0.2, 0.25) is 0 Å². The number of nitrogens with zero attached hydrogens (tertiary/aromatic N) is 2. The van der Waals surface area contributed by atoms with Gasteiger partial charge in [-0.1, -0.05) is 48.5 Å². The molecule has 1 amide bonds. The van der Waals surface area contributed by atoms with Crippen molar-refractivity contribution in [2.24, 2.45) is 0 Å². The Morgan fingerprint density at radius 3 is 2.20 bits per heavy atom. The predicted octanol–water partition coefficient (Wildman–Crippen LogP) is 5.05. The van der Waals surface area contributed by atoms with Crippen molar-refractivity contribution in [2.45, 2.75) is 64.2 Å². The van der Waals surface area contributed by atoms with Gasteiger partial charge in [0.15, 0.2) is 0 Å². The first-order chi connectivity index (χ1) is 20.7. The van der Waals surface area contributed by atoms with Gasteiger partial charge in [-0.05, 0) is 74.4 Å². The zero-order valence-electron chi connectivity index (χ0n) is 25.4. The van der Waals surface area contributed by atoms with Crippen LogP contribution < -0.4 is 5.32 Å². The number of hydrogen-bond acceptors (Lipinski definition) is 5. The molecule has 2 aromatic carbocycles. The van der Waals surface area contributed by atoms with Crippen LogP contribution in [0.25, 0.3) is 22.3 Å². The number of benzene rings is 2. The summed E-state index contributed by atoms with van der Waals surface area (Å²) >= 11 is 0. The summed E-state index contributed by atoms with van der Waals surface area (Å²) in [6.45, 7) is 4.35. The molecule has 0 saturated heterocycles. The molecule has 0 spiro atoms. The Balaban J connectivity index is 0.00000529. The molecule has 44 heavy (non-hydrogen) atoms. The molecule has 0 aliphatic rings. The fraction of sp³-hybridized carbons (Fsp3) is 0.324. The quantitative estimate of drug-likeness (QED) is 0.148. The molecule has 8 nitrogen and oxygen atoms in total. The SMILES string of the molecule is CC(C)n1c(CC[C@@H](O)C[C@@H](O)CC(=O)O)c(-c2ccc(F)cc2)c(-c2ccccc2)c1C(=O)NCCc1cccnc1.[Na]. The Hall–Kier alpha value is -3.34. The van der Waals surface area contributed by atoms with E-state index in [2.05, 4.69) is 10.3 Å². The number of carbonyl (C=O) groups excluding carboxylic acids is 1. The number of nitrogens with one attached hydrogen (secondary N) is 1. The van der Waals surface area contributed by atoms with E-state index in [9.17, 15) is 24.2 Å². The number of carbonyl (C=O) groups is 2. The van der Waals surface area contributed by atoms with Crippen LogP contribution in [-0.2, 0) is 17.6 Å². The van der Waals surface area contributed by atoms with Crippen molar-refractivity contribution < 1.29 is 29.3 Å². The van der Waals surface area contributed by atoms with Crippen LogP contribution in [0.3, 0.4) is 0 Å². The number of aromatic nitrogens is 2. The zero-order valence-corrected chi connectivity index (χ0v) is 27.4. The summed E-state index contributed by atoms with van der Waals surface area (Å²) in [5.74, 6) is -1.78. The average Bonchev–Trinajstić information content (AvgIpc) is 3.32. The largest absolute Gasteiger partial charge is 0.481 e. The molecule has 4 N–H and O–H groups in total. The number of hydrogen-bond donors (Lipinski definition) is 4. The van der Waals surface area contributed by atoms with E-state index in [1.807, 2.05) is 60.9 Å². The number of aliphatic carboxylic acids is 1. The zero-order chi connectivity index (χ0) is 30.9. The third-order valence-corrected chi connectivity index (χ3v) is 7.32. The first kappa shape index (κ1) is 35.1. The van der Waals surface area contributed by atoms with E-state index in [1.54, 1.807) is 24.5 Å². The van der Waals surface area contributed by atoms with E-state index in [0.717, 1.165) is 27.9 Å². The molecular weight excluding hydrogens is 572 g/mol. The number of aliphatic hydroxyl groups excluding tert-OH is 2. The van der Waals surface area contributed by atoms with Crippen LogP contribution >= 0.6 is 0 Å². The number of aliphatic hydroxyl groups is 2. The number of rotatable bonds is 14. The summed E-state index contributed by atoms with van der Waals surface area (Å²) in [4.78, 5) is 29.2. The summed E-state index contributed by atoms with van der Waals surface area (Å²) in [5.41, 5.74) is 5.24. The van der Waals surface area contributed by atoms with Gasteiger partial charge in [0.1, 0.15) is 11.5 Å². The van der Waals surface area contributed by atoms with Gasteiger partial charge >= 0.3 is 5.97 Å². The third kappa shape index (κ3) is 9.09. The topological polar surface area (TPSA) is 125 Å². The number of carboxylic acids is 1. The van der Waals surface area contributed by atoms with Gasteiger partial charge < -0.3 is 25.2 Å². The number of amides is 1. The van der Waals surface area contributed by atoms with Gasteiger partial charge in [0.25, 0.3) is 5.91 Å². The Kier molecular flexibility index (Phi) is 13.3. The van der Waals surface area contributed by atoms with Gasteiger partial charge in [-0.15, -0.1) is 0 Å². The minimum Gasteiger partial charge on any atom is -0.481 e. The standard InChI is InChI=1S/C34H38FN3O5.Na/c1-22(2)38-29(15-14-27(39)19-28(40)20-30(41)42)31(25-10-12-26(35)13-11-25)32(24-8-4-3-5-9-24)33(38)34(43)37-18-16-23-7-6-17-36-21-23;/h3-13,17,21-22,27-28,39-40H,14-16,18-20H2,1-2H3,(H,37,43)(H,41,42);/t27-,28-;/m1./s1. The van der Waals surface area contributed by atoms with E-state index in [0.29, 0.717) is 30.6 Å². The van der Waals surface area contributed by atoms with E-state index in [1.165, 1.54) is 12.1 Å². The minimum absolute atomic E-state index is 0. The second-order valence-corrected chi connectivity index (χ2v) is 10.9. The fourth-order valence-corrected chi connectivity index (χ4v) is 5.46. The summed E-state index contributed by atoms with van der Waals surface area (Å²) in [6, 6.07) is 19.3. The number of pyridine rings is 1. The maximum absolute atomic E-state index is 14.0. The smallest absolute Gasteiger partial charge is 0.305 e. The van der Waals surface area contributed by atoms with Gasteiger partial charge in [-0.2, -0.15) is 0 Å². The molecule has 0 fully saturated rings. The van der Waals surface area contributed by atoms with Crippen LogP contribution in [0.4, 0.5) is 4.39 Å². The molecule has 1 radical (unpaired) electrons. The molecule has 2 aromatic heterocycles. The van der Waals surface area contributed by atoms with E-state index >= 15 is 0 Å². The molecule has 0 bridgehead atoms. The first-order valence-corrected chi connectivity index (χ1v) is 14.5. The molecule has 227 valence electrons. The third-order valence-electron chi connectivity index (χ3n) is 7.32. The second kappa shape index (κ2) is 16.7. The molecule has 2 atom stereocenters. The second-order valence-electron chi connectivity index (χ2n) is 10.9. The predicted molar refractivity (Wildman–Crippen MR) is 169 cm³/mol. The van der Waals surface area contributed by atoms with Crippen molar-refractivity contribution in [2.75, 3.05) is 6.54 Å². The van der Waals surface area contributed by atoms with Gasteiger partial charge in [-0.3, -0.25) is 14.6 Å². The first-order valence-electron chi connectivity index (χ1n) is 14.5. The van der Waals surface area contributed by atoms with Crippen LogP contribution in [-0.4, -0.2) is 85.1 Å². The summed E-state index contributed by atoms with van der Waals surface area (Å²) in [6.07, 6.45) is 1.92. The molecule has 2 heterocycles. The van der Waals surface area contributed by atoms with E-state index in [4.69, 9.17) is 5.11 Å². The maximum Gasteiger partial charge on any atom is 0.305 e. The maximum atomic E-state index is 14.0. The molecule has 0 saturated carbocycles. The monoisotopic (exact) mass is 610 g/mol. The molecule has 0 aliphatic heterocycles. The normalized spacial score (nSPS) is 12.4. The van der Waals surface area contributed by atoms with Crippen molar-refractivity contribution in [3.63, 3.8) is 0 Å². The molecule has 0 aliphatic carbocycles. The molecular formula is C34H38FN3NaO5. The van der Waals surface area contributed by atoms with Crippen LogP contribution in [0.1, 0.15) is 60.9 Å². The van der Waals surface area contributed by atoms with Gasteiger partial charge in [-0.25, -0.2) is 4.39 Å².